The molecule has 0 bridgehead atoms. The summed E-state index contributed by atoms with van der Waals surface area (Å²) in [5.74, 6) is 2.06. The van der Waals surface area contributed by atoms with Crippen LogP contribution in [0.2, 0.25) is 0 Å². The molecule has 1 saturated carbocycles. The molecule has 0 amide bonds. The Hall–Kier alpha value is -2.17. The molecular weight excluding hydrogens is 485 g/mol. The summed E-state index contributed by atoms with van der Waals surface area (Å²) in [5, 5.41) is 9.41. The largest absolute Gasteiger partial charge is 0.416 e. The molecule has 2 aromatic heterocycles. The number of halogens is 4. The van der Waals surface area contributed by atoms with Gasteiger partial charge in [0.2, 0.25) is 0 Å². The van der Waals surface area contributed by atoms with Crippen molar-refractivity contribution in [2.75, 3.05) is 25.4 Å². The summed E-state index contributed by atoms with van der Waals surface area (Å²) in [4.78, 5) is 10.7. The molecule has 6 nitrogen and oxygen atoms in total. The Morgan fingerprint density at radius 1 is 1.15 bits per heavy atom. The van der Waals surface area contributed by atoms with Crippen molar-refractivity contribution in [3.8, 4) is 11.5 Å². The number of alkyl halides is 3. The summed E-state index contributed by atoms with van der Waals surface area (Å²) >= 11 is 1.69. The lowest BCUT2D eigenvalue weighted by atomic mass is 9.97. The monoisotopic (exact) mass is 510 g/mol. The normalized spacial score (nSPS) is 22.2. The fourth-order valence-corrected chi connectivity index (χ4v) is 5.72. The van der Waals surface area contributed by atoms with Crippen molar-refractivity contribution in [3.63, 3.8) is 0 Å². The predicted molar refractivity (Wildman–Crippen MR) is 127 cm³/mol. The molecule has 11 heteroatoms. The molecule has 34 heavy (non-hydrogen) atoms. The average molecular weight is 511 g/mol. The van der Waals surface area contributed by atoms with Gasteiger partial charge in [0.1, 0.15) is 12.0 Å². The van der Waals surface area contributed by atoms with Gasteiger partial charge in [0, 0.05) is 25.5 Å². The lowest BCUT2D eigenvalue weighted by molar-refractivity contribution is -0.137. The smallest absolute Gasteiger partial charge is 0.304 e. The molecule has 2 fully saturated rings. The molecule has 2 aliphatic rings. The van der Waals surface area contributed by atoms with Gasteiger partial charge in [-0.05, 0) is 67.4 Å². The molecule has 3 aromatic rings. The van der Waals surface area contributed by atoms with Gasteiger partial charge in [-0.1, -0.05) is 23.9 Å². The van der Waals surface area contributed by atoms with Crippen LogP contribution in [0.3, 0.4) is 0 Å². The van der Waals surface area contributed by atoms with Gasteiger partial charge in [-0.15, -0.1) is 22.6 Å². The molecule has 3 heterocycles. The van der Waals surface area contributed by atoms with E-state index in [1.807, 2.05) is 17.7 Å². The Balaban J connectivity index is 0.00000274. The molecule has 2 atom stereocenters. The summed E-state index contributed by atoms with van der Waals surface area (Å²) in [7, 11) is 1.94. The van der Waals surface area contributed by atoms with E-state index in [1.54, 1.807) is 30.1 Å². The first-order chi connectivity index (χ1) is 15.9. The van der Waals surface area contributed by atoms with Crippen molar-refractivity contribution in [1.29, 1.82) is 0 Å². The topological polar surface area (TPSA) is 59.7 Å². The highest BCUT2D eigenvalue weighted by molar-refractivity contribution is 7.99. The van der Waals surface area contributed by atoms with Crippen molar-refractivity contribution in [3.05, 3.63) is 54.0 Å². The second-order valence-corrected chi connectivity index (χ2v) is 9.99. The van der Waals surface area contributed by atoms with Crippen LogP contribution >= 0.6 is 24.2 Å². The maximum atomic E-state index is 12.8. The van der Waals surface area contributed by atoms with Crippen LogP contribution in [0.5, 0.6) is 0 Å². The third-order valence-electron chi connectivity index (χ3n) is 6.79. The van der Waals surface area contributed by atoms with E-state index in [4.69, 9.17) is 0 Å². The second kappa shape index (κ2) is 9.83. The molecule has 1 saturated heterocycles. The van der Waals surface area contributed by atoms with Gasteiger partial charge in [-0.25, -0.2) is 9.97 Å². The van der Waals surface area contributed by atoms with E-state index in [-0.39, 0.29) is 17.8 Å². The van der Waals surface area contributed by atoms with Crippen LogP contribution in [0.4, 0.5) is 13.2 Å². The highest BCUT2D eigenvalue weighted by Gasteiger charge is 2.57. The molecule has 1 spiro atoms. The molecule has 1 aromatic carbocycles. The van der Waals surface area contributed by atoms with Gasteiger partial charge < -0.3 is 9.47 Å². The fourth-order valence-electron chi connectivity index (χ4n) is 4.89. The lowest BCUT2D eigenvalue weighted by Gasteiger charge is -2.16. The maximum Gasteiger partial charge on any atom is 0.416 e. The van der Waals surface area contributed by atoms with Crippen LogP contribution in [-0.2, 0) is 13.2 Å². The van der Waals surface area contributed by atoms with Crippen LogP contribution in [0.25, 0.3) is 11.5 Å². The summed E-state index contributed by atoms with van der Waals surface area (Å²) in [5.41, 5.74) is 1.48. The number of likely N-dealkylation sites (tertiary alicyclic amines) is 1. The average Bonchev–Trinajstić information content (AvgIpc) is 3.15. The van der Waals surface area contributed by atoms with E-state index >= 15 is 0 Å². The van der Waals surface area contributed by atoms with E-state index in [0.717, 1.165) is 66.9 Å². The van der Waals surface area contributed by atoms with Gasteiger partial charge in [-0.3, -0.25) is 0 Å². The first-order valence-corrected chi connectivity index (χ1v) is 12.0. The zero-order valence-corrected chi connectivity index (χ0v) is 20.3. The van der Waals surface area contributed by atoms with E-state index in [2.05, 4.69) is 25.1 Å². The molecule has 0 N–H and O–H groups in total. The van der Waals surface area contributed by atoms with Gasteiger partial charge in [0.05, 0.1) is 5.56 Å². The Kier molecular flexibility index (Phi) is 7.21. The van der Waals surface area contributed by atoms with Gasteiger partial charge in [-0.2, -0.15) is 13.2 Å². The zero-order chi connectivity index (χ0) is 23.1. The Labute approximate surface area is 206 Å². The number of aromatic nitrogens is 5. The Morgan fingerprint density at radius 2 is 1.94 bits per heavy atom. The number of benzene rings is 1. The minimum Gasteiger partial charge on any atom is -0.304 e. The van der Waals surface area contributed by atoms with Crippen molar-refractivity contribution >= 4 is 24.2 Å². The van der Waals surface area contributed by atoms with Crippen LogP contribution in [0.1, 0.15) is 36.3 Å². The first-order valence-electron chi connectivity index (χ1n) is 11.0. The third kappa shape index (κ3) is 5.08. The molecule has 0 radical (unpaired) electrons. The van der Waals surface area contributed by atoms with Crippen molar-refractivity contribution in [1.82, 2.24) is 29.6 Å². The predicted octanol–water partition coefficient (Wildman–Crippen LogP) is 5.07. The van der Waals surface area contributed by atoms with E-state index in [1.165, 1.54) is 18.5 Å². The molecule has 1 aliphatic carbocycles. The van der Waals surface area contributed by atoms with Gasteiger partial charge in [0.15, 0.2) is 11.0 Å². The number of nitrogens with zero attached hydrogens (tertiary/aromatic N) is 6. The van der Waals surface area contributed by atoms with Crippen molar-refractivity contribution in [2.24, 2.45) is 12.5 Å². The maximum absolute atomic E-state index is 12.8. The van der Waals surface area contributed by atoms with Crippen LogP contribution in [0.15, 0.2) is 48.0 Å². The van der Waals surface area contributed by atoms with Crippen molar-refractivity contribution < 1.29 is 13.2 Å². The fraction of sp³-hybridized carbons (Fsp3) is 0.478. The van der Waals surface area contributed by atoms with E-state index < -0.39 is 11.7 Å². The van der Waals surface area contributed by atoms with Crippen LogP contribution in [0, 0.1) is 5.41 Å². The quantitative estimate of drug-likeness (QED) is 0.326. The first kappa shape index (κ1) is 24.9. The molecule has 182 valence electrons. The number of rotatable bonds is 7. The molecule has 1 aliphatic heterocycles. The van der Waals surface area contributed by atoms with Crippen LogP contribution in [-0.4, -0.2) is 55.0 Å². The molecule has 5 rings (SSSR count). The highest BCUT2D eigenvalue weighted by atomic mass is 35.5. The number of hydrogen-bond donors (Lipinski definition) is 0. The third-order valence-corrected chi connectivity index (χ3v) is 7.90. The number of hydrogen-bond acceptors (Lipinski definition) is 6. The summed E-state index contributed by atoms with van der Waals surface area (Å²) in [6.07, 6.45) is 2.16. The summed E-state index contributed by atoms with van der Waals surface area (Å²) in [6, 6.07) is 7.58. The standard InChI is InChI=1S/C23H25F3N6S.ClH/c1-31-20(19-7-9-27-15-28-19)29-30-21(31)33-12-2-10-32-11-8-22(14-32)13-18(22)16-3-5-17(6-4-16)23(24,25)26;/h3-7,9,15,18H,2,8,10-14H2,1H3;1H. The number of thioether (sulfide) groups is 1. The molecule has 2 unspecified atom stereocenters. The minimum absolute atomic E-state index is 0. The van der Waals surface area contributed by atoms with Crippen LogP contribution < -0.4 is 0 Å². The summed E-state index contributed by atoms with van der Waals surface area (Å²) in [6.45, 7) is 3.11. The molecular formula is C23H26ClF3N6S. The summed E-state index contributed by atoms with van der Waals surface area (Å²) < 4.78 is 40.4. The van der Waals surface area contributed by atoms with Crippen molar-refractivity contribution in [2.45, 2.75) is 36.5 Å². The van der Waals surface area contributed by atoms with Gasteiger partial charge in [0.25, 0.3) is 0 Å². The Bertz CT molecular complexity index is 1110. The Morgan fingerprint density at radius 3 is 2.65 bits per heavy atom. The lowest BCUT2D eigenvalue weighted by Crippen LogP contribution is -2.23. The second-order valence-electron chi connectivity index (χ2n) is 8.93. The van der Waals surface area contributed by atoms with Gasteiger partial charge >= 0.3 is 6.18 Å². The minimum atomic E-state index is -4.27. The zero-order valence-electron chi connectivity index (χ0n) is 18.7. The SMILES string of the molecule is Cl.Cn1c(SCCCN2CCC3(CC3c3ccc(C(F)(F)F)cc3)C2)nnc1-c1ccncn1. The van der Waals surface area contributed by atoms with E-state index in [9.17, 15) is 13.2 Å². The highest BCUT2D eigenvalue weighted by Crippen LogP contribution is 2.64. The van der Waals surface area contributed by atoms with E-state index in [0.29, 0.717) is 5.92 Å².